The van der Waals surface area contributed by atoms with Crippen molar-refractivity contribution in [2.24, 2.45) is 18.9 Å². The summed E-state index contributed by atoms with van der Waals surface area (Å²) in [6, 6.07) is 5.66. The maximum atomic E-state index is 11.3. The van der Waals surface area contributed by atoms with Crippen molar-refractivity contribution < 1.29 is 9.90 Å². The number of halogens is 1. The molecule has 1 aromatic heterocycles. The number of likely N-dealkylation sites (tertiary alicyclic amines) is 1. The minimum Gasteiger partial charge on any atom is -0.481 e. The van der Waals surface area contributed by atoms with E-state index < -0.39 is 5.97 Å². The Hall–Kier alpha value is -1.59. The number of aryl methyl sites for hydroxylation is 1. The lowest BCUT2D eigenvalue weighted by molar-refractivity contribution is -0.144. The SMILES string of the molecule is CC1CC(C(=O)O)CN(Cc2nc3ccc(Cl)cc3n2C)C1. The number of hydrogen-bond acceptors (Lipinski definition) is 3. The number of fused-ring (bicyclic) bond motifs is 1. The van der Waals surface area contributed by atoms with E-state index in [-0.39, 0.29) is 5.92 Å². The van der Waals surface area contributed by atoms with Gasteiger partial charge in [-0.25, -0.2) is 4.98 Å². The maximum absolute atomic E-state index is 11.3. The van der Waals surface area contributed by atoms with Gasteiger partial charge < -0.3 is 9.67 Å². The van der Waals surface area contributed by atoms with Crippen LogP contribution in [0.1, 0.15) is 19.2 Å². The molecule has 0 bridgehead atoms. The molecule has 0 saturated carbocycles. The Kier molecular flexibility index (Phi) is 4.10. The molecule has 2 atom stereocenters. The molecule has 118 valence electrons. The molecule has 2 aromatic rings. The highest BCUT2D eigenvalue weighted by molar-refractivity contribution is 6.31. The molecular weight excluding hydrogens is 302 g/mol. The third kappa shape index (κ3) is 2.96. The zero-order chi connectivity index (χ0) is 15.9. The average molecular weight is 322 g/mol. The lowest BCUT2D eigenvalue weighted by Gasteiger charge is -2.34. The van der Waals surface area contributed by atoms with Gasteiger partial charge in [-0.3, -0.25) is 9.69 Å². The quantitative estimate of drug-likeness (QED) is 0.944. The van der Waals surface area contributed by atoms with Crippen LogP contribution in [0.25, 0.3) is 11.0 Å². The highest BCUT2D eigenvalue weighted by atomic mass is 35.5. The van der Waals surface area contributed by atoms with Crippen molar-refractivity contribution in [3.05, 3.63) is 29.0 Å². The smallest absolute Gasteiger partial charge is 0.307 e. The van der Waals surface area contributed by atoms with Crippen LogP contribution in [0, 0.1) is 11.8 Å². The molecule has 3 rings (SSSR count). The minimum atomic E-state index is -0.701. The number of aromatic nitrogens is 2. The molecule has 6 heteroatoms. The molecular formula is C16H20ClN3O2. The van der Waals surface area contributed by atoms with E-state index in [9.17, 15) is 9.90 Å². The summed E-state index contributed by atoms with van der Waals surface area (Å²) in [7, 11) is 1.98. The Morgan fingerprint density at radius 3 is 2.95 bits per heavy atom. The van der Waals surface area contributed by atoms with Crippen molar-refractivity contribution in [2.75, 3.05) is 13.1 Å². The van der Waals surface area contributed by atoms with E-state index in [1.54, 1.807) is 0 Å². The third-order valence-corrected chi connectivity index (χ3v) is 4.62. The van der Waals surface area contributed by atoms with Gasteiger partial charge in [0, 0.05) is 25.2 Å². The number of nitrogens with zero attached hydrogens (tertiary/aromatic N) is 3. The van der Waals surface area contributed by atoms with E-state index in [4.69, 9.17) is 11.6 Å². The van der Waals surface area contributed by atoms with Gasteiger partial charge in [0.25, 0.3) is 0 Å². The standard InChI is InChI=1S/C16H20ClN3O2/c1-10-5-11(16(21)22)8-20(7-10)9-15-18-13-4-3-12(17)6-14(13)19(15)2/h3-4,6,10-11H,5,7-9H2,1-2H3,(H,21,22). The highest BCUT2D eigenvalue weighted by Gasteiger charge is 2.30. The van der Waals surface area contributed by atoms with Gasteiger partial charge in [-0.2, -0.15) is 0 Å². The van der Waals surface area contributed by atoms with Crippen LogP contribution in [0.5, 0.6) is 0 Å². The summed E-state index contributed by atoms with van der Waals surface area (Å²) in [5.74, 6) is 0.343. The van der Waals surface area contributed by atoms with Crippen LogP contribution >= 0.6 is 11.6 Å². The van der Waals surface area contributed by atoms with Crippen molar-refractivity contribution in [1.29, 1.82) is 0 Å². The Labute approximate surface area is 134 Å². The number of carbonyl (C=O) groups is 1. The summed E-state index contributed by atoms with van der Waals surface area (Å²) in [4.78, 5) is 18.1. The van der Waals surface area contributed by atoms with Crippen molar-refractivity contribution in [3.8, 4) is 0 Å². The molecule has 1 fully saturated rings. The van der Waals surface area contributed by atoms with Crippen molar-refractivity contribution >= 4 is 28.6 Å². The topological polar surface area (TPSA) is 58.4 Å². The van der Waals surface area contributed by atoms with Crippen LogP contribution in [0.15, 0.2) is 18.2 Å². The first-order valence-corrected chi connectivity index (χ1v) is 7.88. The second-order valence-electron chi connectivity index (χ2n) is 6.29. The monoisotopic (exact) mass is 321 g/mol. The van der Waals surface area contributed by atoms with E-state index in [1.807, 2.05) is 29.8 Å². The first-order chi connectivity index (χ1) is 10.4. The van der Waals surface area contributed by atoms with Crippen molar-refractivity contribution in [2.45, 2.75) is 19.9 Å². The summed E-state index contributed by atoms with van der Waals surface area (Å²) in [6.45, 7) is 4.27. The molecule has 5 nitrogen and oxygen atoms in total. The van der Waals surface area contributed by atoms with Crippen molar-refractivity contribution in [1.82, 2.24) is 14.5 Å². The van der Waals surface area contributed by atoms with E-state index in [1.165, 1.54) is 0 Å². The second kappa shape index (κ2) is 5.89. The molecule has 1 saturated heterocycles. The normalized spacial score (nSPS) is 23.0. The van der Waals surface area contributed by atoms with Crippen LogP contribution < -0.4 is 0 Å². The van der Waals surface area contributed by atoms with Crippen LogP contribution in [0.3, 0.4) is 0 Å². The summed E-state index contributed by atoms with van der Waals surface area (Å²) in [6.07, 6.45) is 0.754. The Morgan fingerprint density at radius 1 is 1.45 bits per heavy atom. The lowest BCUT2D eigenvalue weighted by Crippen LogP contribution is -2.42. The van der Waals surface area contributed by atoms with Crippen LogP contribution in [-0.4, -0.2) is 38.6 Å². The van der Waals surface area contributed by atoms with Crippen molar-refractivity contribution in [3.63, 3.8) is 0 Å². The number of carboxylic acid groups (broad SMARTS) is 1. The number of imidazole rings is 1. The molecule has 1 aliphatic heterocycles. The van der Waals surface area contributed by atoms with E-state index in [0.717, 1.165) is 29.8 Å². The molecule has 0 spiro atoms. The molecule has 0 aliphatic carbocycles. The van der Waals surface area contributed by atoms with Gasteiger partial charge in [-0.15, -0.1) is 0 Å². The van der Waals surface area contributed by atoms with Gasteiger partial charge >= 0.3 is 5.97 Å². The molecule has 1 aromatic carbocycles. The second-order valence-corrected chi connectivity index (χ2v) is 6.73. The number of hydrogen-bond donors (Lipinski definition) is 1. The Balaban J connectivity index is 1.83. The average Bonchev–Trinajstić information content (AvgIpc) is 2.75. The first kappa shape index (κ1) is 15.3. The number of aliphatic carboxylic acids is 1. The fourth-order valence-electron chi connectivity index (χ4n) is 3.32. The summed E-state index contributed by atoms with van der Waals surface area (Å²) < 4.78 is 2.04. The number of benzene rings is 1. The van der Waals surface area contributed by atoms with Gasteiger partial charge in [0.2, 0.25) is 0 Å². The maximum Gasteiger partial charge on any atom is 0.307 e. The highest BCUT2D eigenvalue weighted by Crippen LogP contribution is 2.25. The molecule has 0 radical (unpaired) electrons. The lowest BCUT2D eigenvalue weighted by atomic mass is 9.90. The minimum absolute atomic E-state index is 0.284. The predicted octanol–water partition coefficient (Wildman–Crippen LogP) is 2.77. The molecule has 1 aliphatic rings. The fourth-order valence-corrected chi connectivity index (χ4v) is 3.49. The van der Waals surface area contributed by atoms with E-state index >= 15 is 0 Å². The molecule has 22 heavy (non-hydrogen) atoms. The number of carboxylic acids is 1. The number of piperidine rings is 1. The van der Waals surface area contributed by atoms with Crippen LogP contribution in [0.4, 0.5) is 0 Å². The van der Waals surface area contributed by atoms with Gasteiger partial charge in [-0.05, 0) is 30.5 Å². The van der Waals surface area contributed by atoms with E-state index in [0.29, 0.717) is 24.0 Å². The van der Waals surface area contributed by atoms with Crippen LogP contribution in [0.2, 0.25) is 5.02 Å². The fraction of sp³-hybridized carbons (Fsp3) is 0.500. The molecule has 1 N–H and O–H groups in total. The largest absolute Gasteiger partial charge is 0.481 e. The number of rotatable bonds is 3. The third-order valence-electron chi connectivity index (χ3n) is 4.39. The molecule has 0 amide bonds. The first-order valence-electron chi connectivity index (χ1n) is 7.50. The summed E-state index contributed by atoms with van der Waals surface area (Å²) in [5.41, 5.74) is 1.92. The van der Waals surface area contributed by atoms with Gasteiger partial charge in [-0.1, -0.05) is 18.5 Å². The molecule has 2 heterocycles. The summed E-state index contributed by atoms with van der Waals surface area (Å²) in [5, 5.41) is 9.97. The summed E-state index contributed by atoms with van der Waals surface area (Å²) >= 11 is 6.05. The zero-order valence-electron chi connectivity index (χ0n) is 12.8. The predicted molar refractivity (Wildman–Crippen MR) is 85.9 cm³/mol. The zero-order valence-corrected chi connectivity index (χ0v) is 13.5. The molecule has 2 unspecified atom stereocenters. The van der Waals surface area contributed by atoms with Crippen LogP contribution in [-0.2, 0) is 18.4 Å². The van der Waals surface area contributed by atoms with E-state index in [2.05, 4.69) is 16.8 Å². The Morgan fingerprint density at radius 2 is 2.23 bits per heavy atom. The Bertz CT molecular complexity index is 713. The van der Waals surface area contributed by atoms with Gasteiger partial charge in [0.15, 0.2) is 0 Å². The van der Waals surface area contributed by atoms with Gasteiger partial charge in [0.1, 0.15) is 5.82 Å². The van der Waals surface area contributed by atoms with Gasteiger partial charge in [0.05, 0.1) is 23.5 Å².